The van der Waals surface area contributed by atoms with Crippen LogP contribution in [-0.4, -0.2) is 12.6 Å². The quantitative estimate of drug-likeness (QED) is 0.810. The van der Waals surface area contributed by atoms with E-state index in [1.54, 1.807) is 0 Å². The van der Waals surface area contributed by atoms with Gasteiger partial charge in [-0.25, -0.2) is 0 Å². The third-order valence-corrected chi connectivity index (χ3v) is 4.17. The lowest BCUT2D eigenvalue weighted by Gasteiger charge is -2.31. The lowest BCUT2D eigenvalue weighted by Crippen LogP contribution is -2.26. The molecule has 0 spiro atoms. The smallest absolute Gasteiger partial charge is 0.129 e. The zero-order valence-electron chi connectivity index (χ0n) is 14.0. The van der Waals surface area contributed by atoms with E-state index >= 15 is 0 Å². The molecule has 1 heterocycles. The molecule has 120 valence electrons. The molecule has 1 aromatic rings. The molecular formula is C18H31NO2. The minimum Gasteiger partial charge on any atom is -0.462 e. The van der Waals surface area contributed by atoms with Crippen LogP contribution >= 0.6 is 0 Å². The van der Waals surface area contributed by atoms with Crippen molar-refractivity contribution in [1.82, 2.24) is 5.32 Å². The van der Waals surface area contributed by atoms with Crippen LogP contribution in [0.2, 0.25) is 0 Å². The topological polar surface area (TPSA) is 34.4 Å². The standard InChI is InChI=1S/C18H31NO2/c1-13(2)10-19-11-16-5-6-17(21-16)12-20-18-8-14(3)7-15(4)9-18/h5-6,13-15,18-19H,7-12H2,1-4H3. The van der Waals surface area contributed by atoms with Gasteiger partial charge in [-0.15, -0.1) is 0 Å². The first-order valence-electron chi connectivity index (χ1n) is 8.42. The number of hydrogen-bond donors (Lipinski definition) is 1. The summed E-state index contributed by atoms with van der Waals surface area (Å²) in [6, 6.07) is 4.10. The third kappa shape index (κ3) is 5.84. The molecular weight excluding hydrogens is 262 g/mol. The van der Waals surface area contributed by atoms with Crippen molar-refractivity contribution < 1.29 is 9.15 Å². The summed E-state index contributed by atoms with van der Waals surface area (Å²) in [6.45, 7) is 11.5. The van der Waals surface area contributed by atoms with Crippen LogP contribution in [0, 0.1) is 17.8 Å². The second-order valence-corrected chi connectivity index (χ2v) is 7.24. The van der Waals surface area contributed by atoms with E-state index in [1.165, 1.54) is 19.3 Å². The first-order chi connectivity index (χ1) is 10.0. The molecule has 0 radical (unpaired) electrons. The summed E-state index contributed by atoms with van der Waals surface area (Å²) in [5.41, 5.74) is 0. The van der Waals surface area contributed by atoms with Crippen molar-refractivity contribution in [3.8, 4) is 0 Å². The van der Waals surface area contributed by atoms with Crippen LogP contribution in [0.4, 0.5) is 0 Å². The van der Waals surface area contributed by atoms with E-state index in [-0.39, 0.29) is 0 Å². The lowest BCUT2D eigenvalue weighted by atomic mass is 9.82. The highest BCUT2D eigenvalue weighted by Crippen LogP contribution is 2.30. The van der Waals surface area contributed by atoms with Crippen LogP contribution < -0.4 is 5.32 Å². The first kappa shape index (κ1) is 16.6. The van der Waals surface area contributed by atoms with E-state index in [0.29, 0.717) is 18.6 Å². The van der Waals surface area contributed by atoms with Crippen molar-refractivity contribution in [2.45, 2.75) is 66.2 Å². The minimum atomic E-state index is 0.399. The van der Waals surface area contributed by atoms with Gasteiger partial charge in [-0.2, -0.15) is 0 Å². The Kier molecular flexibility index (Phi) is 6.31. The maximum absolute atomic E-state index is 6.05. The van der Waals surface area contributed by atoms with Crippen molar-refractivity contribution >= 4 is 0 Å². The van der Waals surface area contributed by atoms with Crippen LogP contribution in [0.1, 0.15) is 58.5 Å². The number of ether oxygens (including phenoxy) is 1. The van der Waals surface area contributed by atoms with Crippen molar-refractivity contribution in [3.05, 3.63) is 23.7 Å². The van der Waals surface area contributed by atoms with Gasteiger partial charge >= 0.3 is 0 Å². The molecule has 0 bridgehead atoms. The SMILES string of the molecule is CC(C)CNCc1ccc(COC2CC(C)CC(C)C2)o1. The Morgan fingerprint density at radius 3 is 2.48 bits per heavy atom. The molecule has 0 amide bonds. The maximum atomic E-state index is 6.05. The molecule has 0 aliphatic heterocycles. The van der Waals surface area contributed by atoms with Gasteiger partial charge in [0.25, 0.3) is 0 Å². The lowest BCUT2D eigenvalue weighted by molar-refractivity contribution is -0.0159. The Bertz CT molecular complexity index is 403. The number of nitrogens with one attached hydrogen (secondary N) is 1. The van der Waals surface area contributed by atoms with Crippen LogP contribution in [0.25, 0.3) is 0 Å². The summed E-state index contributed by atoms with van der Waals surface area (Å²) in [6.07, 6.45) is 4.12. The van der Waals surface area contributed by atoms with Crippen LogP contribution in [0.3, 0.4) is 0 Å². The summed E-state index contributed by atoms with van der Waals surface area (Å²) >= 11 is 0. The molecule has 1 aliphatic rings. The fraction of sp³-hybridized carbons (Fsp3) is 0.778. The molecule has 1 saturated carbocycles. The number of rotatable bonds is 7. The highest BCUT2D eigenvalue weighted by Gasteiger charge is 2.24. The normalized spacial score (nSPS) is 26.4. The van der Waals surface area contributed by atoms with Gasteiger partial charge in [0, 0.05) is 0 Å². The Morgan fingerprint density at radius 2 is 1.81 bits per heavy atom. The molecule has 0 aromatic carbocycles. The molecule has 1 fully saturated rings. The maximum Gasteiger partial charge on any atom is 0.129 e. The van der Waals surface area contributed by atoms with Gasteiger partial charge < -0.3 is 14.5 Å². The minimum absolute atomic E-state index is 0.399. The Labute approximate surface area is 129 Å². The zero-order valence-corrected chi connectivity index (χ0v) is 14.0. The van der Waals surface area contributed by atoms with E-state index in [9.17, 15) is 0 Å². The van der Waals surface area contributed by atoms with Gasteiger partial charge in [0.1, 0.15) is 18.1 Å². The van der Waals surface area contributed by atoms with E-state index < -0.39 is 0 Å². The van der Waals surface area contributed by atoms with Crippen molar-refractivity contribution in [2.24, 2.45) is 17.8 Å². The number of furan rings is 1. The molecule has 1 N–H and O–H groups in total. The van der Waals surface area contributed by atoms with Crippen molar-refractivity contribution in [3.63, 3.8) is 0 Å². The predicted octanol–water partition coefficient (Wildman–Crippen LogP) is 4.37. The fourth-order valence-electron chi connectivity index (χ4n) is 3.29. The van der Waals surface area contributed by atoms with Crippen molar-refractivity contribution in [2.75, 3.05) is 6.54 Å². The molecule has 3 heteroatoms. The average molecular weight is 293 g/mol. The van der Waals surface area contributed by atoms with E-state index in [0.717, 1.165) is 36.4 Å². The molecule has 3 nitrogen and oxygen atoms in total. The van der Waals surface area contributed by atoms with Gasteiger partial charge in [-0.1, -0.05) is 27.7 Å². The first-order valence-corrected chi connectivity index (χ1v) is 8.42. The monoisotopic (exact) mass is 293 g/mol. The summed E-state index contributed by atoms with van der Waals surface area (Å²) < 4.78 is 11.9. The van der Waals surface area contributed by atoms with Gasteiger partial charge in [0.05, 0.1) is 12.6 Å². The highest BCUT2D eigenvalue weighted by molar-refractivity contribution is 5.06. The summed E-state index contributed by atoms with van der Waals surface area (Å²) in [7, 11) is 0. The summed E-state index contributed by atoms with van der Waals surface area (Å²) in [4.78, 5) is 0. The van der Waals surface area contributed by atoms with E-state index in [4.69, 9.17) is 9.15 Å². The molecule has 1 aliphatic carbocycles. The highest BCUT2D eigenvalue weighted by atomic mass is 16.5. The second kappa shape index (κ2) is 8.00. The van der Waals surface area contributed by atoms with Gasteiger partial charge in [-0.3, -0.25) is 0 Å². The second-order valence-electron chi connectivity index (χ2n) is 7.24. The van der Waals surface area contributed by atoms with Gasteiger partial charge in [-0.05, 0) is 55.7 Å². The molecule has 1 aromatic heterocycles. The molecule has 21 heavy (non-hydrogen) atoms. The summed E-state index contributed by atoms with van der Waals surface area (Å²) in [5.74, 6) is 4.18. The van der Waals surface area contributed by atoms with Crippen LogP contribution in [0.5, 0.6) is 0 Å². The van der Waals surface area contributed by atoms with E-state index in [2.05, 4.69) is 39.1 Å². The molecule has 2 atom stereocenters. The fourth-order valence-corrected chi connectivity index (χ4v) is 3.29. The molecule has 2 unspecified atom stereocenters. The van der Waals surface area contributed by atoms with Gasteiger partial charge in [0.2, 0.25) is 0 Å². The predicted molar refractivity (Wildman–Crippen MR) is 86.0 cm³/mol. The average Bonchev–Trinajstić information content (AvgIpc) is 2.83. The van der Waals surface area contributed by atoms with Crippen molar-refractivity contribution in [1.29, 1.82) is 0 Å². The Balaban J connectivity index is 1.72. The zero-order chi connectivity index (χ0) is 15.2. The third-order valence-electron chi connectivity index (χ3n) is 4.17. The number of hydrogen-bond acceptors (Lipinski definition) is 3. The van der Waals surface area contributed by atoms with E-state index in [1.807, 2.05) is 6.07 Å². The Hall–Kier alpha value is -0.800. The Morgan fingerprint density at radius 1 is 1.14 bits per heavy atom. The molecule has 2 rings (SSSR count). The van der Waals surface area contributed by atoms with Crippen LogP contribution in [0.15, 0.2) is 16.5 Å². The van der Waals surface area contributed by atoms with Crippen LogP contribution in [-0.2, 0) is 17.9 Å². The summed E-state index contributed by atoms with van der Waals surface area (Å²) in [5, 5.41) is 3.40. The molecule has 0 saturated heterocycles. The van der Waals surface area contributed by atoms with Gasteiger partial charge in [0.15, 0.2) is 0 Å². The largest absolute Gasteiger partial charge is 0.462 e.